The molecule has 0 spiro atoms. The maximum absolute atomic E-state index is 9.57. The van der Waals surface area contributed by atoms with Crippen LogP contribution < -0.4 is 74.3 Å². The van der Waals surface area contributed by atoms with E-state index in [2.05, 4.69) is 438 Å². The lowest BCUT2D eigenvalue weighted by atomic mass is 10.1. The standard InChI is InChI=1S/C24H29N7O.4C18H15P.C6H7N/c1-4-20(14-32)28-24-29-22(21-23(30-24)31(15-27-21)16(2)3)26-12-17-7-9-18(10-8-17)19-6-5-11-25-13-19;4*1-4-10-16(11-5-1)19(17-12-6-2-7-13-17)18-14-8-3-9-15-18;1-6-3-2-4-7-5-6/h5-11,13,15-16,20,32H,4,12,14H2,1-3H3,(H2,26,28,29,30);4*1-15H;2-5H,1H3/t20-;;;;;/m1...../s1. The zero-order chi connectivity index (χ0) is 79.3. The highest BCUT2D eigenvalue weighted by Crippen LogP contribution is 2.36. The Bertz CT molecular complexity index is 4650. The number of aryl methyl sites for hydroxylation is 1. The van der Waals surface area contributed by atoms with E-state index in [4.69, 9.17) is 0 Å². The Kier molecular flexibility index (Phi) is 32.3. The van der Waals surface area contributed by atoms with E-state index in [1.807, 2.05) is 55.1 Å². The van der Waals surface area contributed by atoms with Crippen molar-refractivity contribution in [3.05, 3.63) is 455 Å². The van der Waals surface area contributed by atoms with Gasteiger partial charge in [0.25, 0.3) is 0 Å². The number of benzene rings is 13. The highest BCUT2D eigenvalue weighted by molar-refractivity contribution is 7.81. The molecule has 3 N–H and O–H groups in total. The van der Waals surface area contributed by atoms with E-state index in [1.54, 1.807) is 18.7 Å². The van der Waals surface area contributed by atoms with Crippen molar-refractivity contribution in [3.8, 4) is 11.1 Å². The Balaban J connectivity index is 0.000000132. The van der Waals surface area contributed by atoms with Crippen LogP contribution in [0.3, 0.4) is 0 Å². The van der Waals surface area contributed by atoms with Crippen LogP contribution >= 0.6 is 31.7 Å². The summed E-state index contributed by atoms with van der Waals surface area (Å²) < 4.78 is 2.02. The van der Waals surface area contributed by atoms with Crippen molar-refractivity contribution in [3.63, 3.8) is 0 Å². The summed E-state index contributed by atoms with van der Waals surface area (Å²) in [6.45, 7) is 8.84. The van der Waals surface area contributed by atoms with Gasteiger partial charge in [0.05, 0.1) is 19.0 Å². The van der Waals surface area contributed by atoms with Crippen molar-refractivity contribution in [2.75, 3.05) is 17.2 Å². The number of hydrogen-bond acceptors (Lipinski definition) is 8. The molecule has 0 amide bonds. The lowest BCUT2D eigenvalue weighted by Crippen LogP contribution is -2.24. The predicted octanol–water partition coefficient (Wildman–Crippen LogP) is 19.4. The second kappa shape index (κ2) is 45.0. The monoisotopic (exact) mass is 1570 g/mol. The van der Waals surface area contributed by atoms with Gasteiger partial charge in [-0.3, -0.25) is 9.97 Å². The molecule has 0 aliphatic rings. The van der Waals surface area contributed by atoms with Crippen molar-refractivity contribution in [2.45, 2.75) is 52.7 Å². The zero-order valence-electron chi connectivity index (χ0n) is 65.3. The summed E-state index contributed by atoms with van der Waals surface area (Å²) in [6, 6.07) is 146. The first-order chi connectivity index (χ1) is 56.8. The van der Waals surface area contributed by atoms with Gasteiger partial charge in [0.15, 0.2) is 17.0 Å². The van der Waals surface area contributed by atoms with Crippen LogP contribution in [0.4, 0.5) is 11.8 Å². The van der Waals surface area contributed by atoms with Crippen molar-refractivity contribution < 1.29 is 5.11 Å². The second-order valence-electron chi connectivity index (χ2n) is 26.9. The maximum Gasteiger partial charge on any atom is 0.227 e. The number of pyridine rings is 2. The average Bonchev–Trinajstić information content (AvgIpc) is 1.69. The Morgan fingerprint density at radius 1 is 0.339 bits per heavy atom. The summed E-state index contributed by atoms with van der Waals surface area (Å²) in [4.78, 5) is 22.0. The van der Waals surface area contributed by atoms with E-state index in [9.17, 15) is 5.11 Å². The van der Waals surface area contributed by atoms with Crippen molar-refractivity contribution in [2.24, 2.45) is 0 Å². The number of fused-ring (bicyclic) bond motifs is 1. The highest BCUT2D eigenvalue weighted by Gasteiger charge is 2.21. The van der Waals surface area contributed by atoms with E-state index >= 15 is 0 Å². The third kappa shape index (κ3) is 24.5. The molecular formula is C102H96N8OP4. The molecule has 0 unspecified atom stereocenters. The summed E-state index contributed by atoms with van der Waals surface area (Å²) in [6.07, 6.45) is 9.81. The molecule has 13 aromatic carbocycles. The van der Waals surface area contributed by atoms with Crippen LogP contribution in [0, 0.1) is 6.92 Å². The molecule has 17 rings (SSSR count). The first-order valence-corrected chi connectivity index (χ1v) is 44.2. The molecule has 570 valence electrons. The zero-order valence-corrected chi connectivity index (χ0v) is 68.9. The molecule has 115 heavy (non-hydrogen) atoms. The number of anilines is 2. The Hall–Kier alpha value is -12.0. The Morgan fingerprint density at radius 2 is 0.635 bits per heavy atom. The Labute approximate surface area is 684 Å². The quantitative estimate of drug-likeness (QED) is 0.0610. The fourth-order valence-corrected chi connectivity index (χ4v) is 21.9. The molecule has 13 heteroatoms. The fraction of sp³-hybridized carbons (Fsp3) is 0.0882. The average molecular weight is 1570 g/mol. The normalized spacial score (nSPS) is 10.9. The highest BCUT2D eigenvalue weighted by atomic mass is 31.1. The van der Waals surface area contributed by atoms with Crippen LogP contribution in [-0.4, -0.2) is 47.2 Å². The van der Waals surface area contributed by atoms with Gasteiger partial charge in [0.1, 0.15) is 0 Å². The van der Waals surface area contributed by atoms with Gasteiger partial charge in [-0.15, -0.1) is 0 Å². The molecule has 0 fully saturated rings. The number of rotatable bonds is 21. The topological polar surface area (TPSA) is 114 Å². The van der Waals surface area contributed by atoms with E-state index in [0.29, 0.717) is 18.3 Å². The SMILES string of the molecule is CC[C@H](CO)Nc1nc(NCc2ccc(-c3cccnc3)cc2)c2ncn(C(C)C)c2n1.Cc1cccnc1.c1ccc(P(c2ccccc2)c2ccccc2)cc1.c1ccc(P(c2ccccc2)c2ccccc2)cc1.c1ccc(P(c2ccccc2)c2ccccc2)cc1.c1ccc(P(c2ccccc2)c2ccccc2)cc1. The van der Waals surface area contributed by atoms with E-state index in [0.717, 1.165) is 34.3 Å². The van der Waals surface area contributed by atoms with Gasteiger partial charge in [-0.1, -0.05) is 407 Å². The fourth-order valence-electron chi connectivity index (χ4n) is 12.6. The molecule has 9 nitrogen and oxygen atoms in total. The van der Waals surface area contributed by atoms with E-state index in [-0.39, 0.29) is 18.7 Å². The number of nitrogens with one attached hydrogen (secondary N) is 2. The largest absolute Gasteiger partial charge is 0.394 e. The van der Waals surface area contributed by atoms with E-state index < -0.39 is 31.7 Å². The van der Waals surface area contributed by atoms with Crippen LogP contribution in [0.25, 0.3) is 22.3 Å². The third-order valence-electron chi connectivity index (χ3n) is 18.4. The van der Waals surface area contributed by atoms with Gasteiger partial charge in [0, 0.05) is 37.4 Å². The lowest BCUT2D eigenvalue weighted by molar-refractivity contribution is 0.271. The van der Waals surface area contributed by atoms with Crippen LogP contribution in [0.15, 0.2) is 444 Å². The van der Waals surface area contributed by atoms with Gasteiger partial charge in [0.2, 0.25) is 5.95 Å². The number of hydrogen-bond donors (Lipinski definition) is 3. The molecule has 0 aliphatic heterocycles. The Morgan fingerprint density at radius 3 is 0.870 bits per heavy atom. The van der Waals surface area contributed by atoms with Gasteiger partial charge >= 0.3 is 0 Å². The molecular weight excluding hydrogens is 1480 g/mol. The second-order valence-corrected chi connectivity index (χ2v) is 35.8. The van der Waals surface area contributed by atoms with Gasteiger partial charge in [-0.25, -0.2) is 4.98 Å². The van der Waals surface area contributed by atoms with Crippen molar-refractivity contribution in [1.82, 2.24) is 29.5 Å². The number of aliphatic hydroxyl groups is 1. The first kappa shape index (κ1) is 82.4. The number of aliphatic hydroxyl groups excluding tert-OH is 1. The summed E-state index contributed by atoms with van der Waals surface area (Å²) in [7, 11) is -1.78. The number of nitrogens with zero attached hydrogens (tertiary/aromatic N) is 6. The number of aromatic nitrogens is 6. The minimum Gasteiger partial charge on any atom is -0.394 e. The predicted molar refractivity (Wildman–Crippen MR) is 497 cm³/mol. The summed E-state index contributed by atoms with van der Waals surface area (Å²) in [5.74, 6) is 1.15. The summed E-state index contributed by atoms with van der Waals surface area (Å²) in [5.41, 5.74) is 6.05. The minimum absolute atomic E-state index is 0.0212. The minimum atomic E-state index is -0.446. The maximum atomic E-state index is 9.57. The summed E-state index contributed by atoms with van der Waals surface area (Å²) in [5, 5.41) is 33.0. The van der Waals surface area contributed by atoms with Crippen LogP contribution in [-0.2, 0) is 6.54 Å². The van der Waals surface area contributed by atoms with Crippen LogP contribution in [0.5, 0.6) is 0 Å². The molecule has 17 aromatic rings. The van der Waals surface area contributed by atoms with Gasteiger partial charge in [-0.05, 0) is 157 Å². The third-order valence-corrected chi connectivity index (χ3v) is 28.2. The van der Waals surface area contributed by atoms with Gasteiger partial charge < -0.3 is 20.3 Å². The first-order valence-electron chi connectivity index (χ1n) is 38.8. The molecule has 0 saturated heterocycles. The van der Waals surface area contributed by atoms with Gasteiger partial charge in [-0.2, -0.15) is 9.97 Å². The lowest BCUT2D eigenvalue weighted by Gasteiger charge is -2.18. The smallest absolute Gasteiger partial charge is 0.227 e. The molecule has 4 heterocycles. The number of imidazole rings is 1. The van der Waals surface area contributed by atoms with Crippen molar-refractivity contribution in [1.29, 1.82) is 0 Å². The van der Waals surface area contributed by atoms with E-state index in [1.165, 1.54) is 69.2 Å². The summed E-state index contributed by atoms with van der Waals surface area (Å²) >= 11 is 0. The van der Waals surface area contributed by atoms with Crippen molar-refractivity contribution >= 4 is 118 Å². The molecule has 0 bridgehead atoms. The molecule has 1 atom stereocenters. The molecule has 0 saturated carbocycles. The molecule has 0 radical (unpaired) electrons. The van der Waals surface area contributed by atoms with Crippen LogP contribution in [0.2, 0.25) is 0 Å². The molecule has 0 aliphatic carbocycles. The molecule has 4 aromatic heterocycles. The van der Waals surface area contributed by atoms with Crippen LogP contribution in [0.1, 0.15) is 44.4 Å².